The molecular formula is C13H19ClN2O. The molecule has 1 unspecified atom stereocenters. The third kappa shape index (κ3) is 3.20. The van der Waals surface area contributed by atoms with Gasteiger partial charge in [-0.05, 0) is 32.3 Å². The first-order valence-corrected chi connectivity index (χ1v) is 5.68. The van der Waals surface area contributed by atoms with Crippen molar-refractivity contribution in [2.24, 2.45) is 5.73 Å². The summed E-state index contributed by atoms with van der Waals surface area (Å²) in [5, 5.41) is 2.95. The highest BCUT2D eigenvalue weighted by atomic mass is 35.5. The molecule has 2 rings (SSSR count). The standard InChI is InChI=1S/C13H18N2O.ClH/c1-9-3-5-11(6-4-9)10(2)15-12(16)13(14)7-8-13;/h3-6,10H,7-8,14H2,1-2H3,(H,15,16);1H. The van der Waals surface area contributed by atoms with Crippen LogP contribution in [0.3, 0.4) is 0 Å². The average Bonchev–Trinajstić information content (AvgIpc) is 2.99. The Kier molecular flexibility index (Phi) is 4.17. The molecule has 3 N–H and O–H groups in total. The van der Waals surface area contributed by atoms with Gasteiger partial charge in [-0.3, -0.25) is 4.79 Å². The summed E-state index contributed by atoms with van der Waals surface area (Å²) in [7, 11) is 0. The Morgan fingerprint density at radius 3 is 2.35 bits per heavy atom. The van der Waals surface area contributed by atoms with Crippen LogP contribution < -0.4 is 11.1 Å². The van der Waals surface area contributed by atoms with Gasteiger partial charge in [0.1, 0.15) is 0 Å². The highest BCUT2D eigenvalue weighted by Gasteiger charge is 2.46. The van der Waals surface area contributed by atoms with Gasteiger partial charge in [0.25, 0.3) is 0 Å². The van der Waals surface area contributed by atoms with Crippen molar-refractivity contribution in [1.29, 1.82) is 0 Å². The molecule has 0 spiro atoms. The van der Waals surface area contributed by atoms with Gasteiger partial charge in [0.2, 0.25) is 5.91 Å². The van der Waals surface area contributed by atoms with Gasteiger partial charge in [-0.1, -0.05) is 29.8 Å². The predicted octanol–water partition coefficient (Wildman–Crippen LogP) is 2.09. The quantitative estimate of drug-likeness (QED) is 0.868. The summed E-state index contributed by atoms with van der Waals surface area (Å²) in [5.41, 5.74) is 7.58. The first-order valence-electron chi connectivity index (χ1n) is 5.68. The fourth-order valence-corrected chi connectivity index (χ4v) is 1.64. The van der Waals surface area contributed by atoms with Crippen molar-refractivity contribution >= 4 is 18.3 Å². The lowest BCUT2D eigenvalue weighted by Crippen LogP contribution is -2.43. The highest BCUT2D eigenvalue weighted by Crippen LogP contribution is 2.32. The lowest BCUT2D eigenvalue weighted by atomic mass is 10.1. The van der Waals surface area contributed by atoms with E-state index in [1.165, 1.54) is 5.56 Å². The zero-order valence-corrected chi connectivity index (χ0v) is 11.0. The van der Waals surface area contributed by atoms with Gasteiger partial charge in [-0.15, -0.1) is 12.4 Å². The Morgan fingerprint density at radius 2 is 1.88 bits per heavy atom. The molecule has 1 fully saturated rings. The zero-order chi connectivity index (χ0) is 11.8. The molecule has 0 radical (unpaired) electrons. The fourth-order valence-electron chi connectivity index (χ4n) is 1.64. The zero-order valence-electron chi connectivity index (χ0n) is 10.2. The molecule has 17 heavy (non-hydrogen) atoms. The van der Waals surface area contributed by atoms with E-state index in [1.807, 2.05) is 38.1 Å². The van der Waals surface area contributed by atoms with Crippen molar-refractivity contribution in [3.8, 4) is 0 Å². The maximum absolute atomic E-state index is 11.7. The minimum absolute atomic E-state index is 0. The fraction of sp³-hybridized carbons (Fsp3) is 0.462. The molecule has 4 heteroatoms. The number of nitrogens with one attached hydrogen (secondary N) is 1. The van der Waals surface area contributed by atoms with E-state index in [1.54, 1.807) is 0 Å². The monoisotopic (exact) mass is 254 g/mol. The number of aryl methyl sites for hydroxylation is 1. The second kappa shape index (κ2) is 5.07. The SMILES string of the molecule is Cc1ccc(C(C)NC(=O)C2(N)CC2)cc1.Cl. The van der Waals surface area contributed by atoms with Crippen LogP contribution in [0.25, 0.3) is 0 Å². The minimum atomic E-state index is -0.584. The van der Waals surface area contributed by atoms with Crippen LogP contribution in [-0.2, 0) is 4.79 Å². The van der Waals surface area contributed by atoms with Crippen molar-refractivity contribution in [3.05, 3.63) is 35.4 Å². The molecule has 1 aromatic rings. The smallest absolute Gasteiger partial charge is 0.240 e. The van der Waals surface area contributed by atoms with Crippen molar-refractivity contribution in [2.45, 2.75) is 38.3 Å². The normalized spacial score (nSPS) is 17.8. The number of halogens is 1. The topological polar surface area (TPSA) is 55.1 Å². The molecule has 1 aliphatic carbocycles. The second-order valence-electron chi connectivity index (χ2n) is 4.76. The van der Waals surface area contributed by atoms with Crippen LogP contribution in [0.4, 0.5) is 0 Å². The first kappa shape index (κ1) is 14.0. The molecule has 0 heterocycles. The van der Waals surface area contributed by atoms with Gasteiger partial charge >= 0.3 is 0 Å². The maximum Gasteiger partial charge on any atom is 0.240 e. The molecule has 1 saturated carbocycles. The van der Waals surface area contributed by atoms with Crippen molar-refractivity contribution in [2.75, 3.05) is 0 Å². The highest BCUT2D eigenvalue weighted by molar-refractivity contribution is 5.89. The summed E-state index contributed by atoms with van der Waals surface area (Å²) in [6.07, 6.45) is 1.61. The summed E-state index contributed by atoms with van der Waals surface area (Å²) in [6.45, 7) is 4.03. The van der Waals surface area contributed by atoms with E-state index < -0.39 is 5.54 Å². The van der Waals surface area contributed by atoms with E-state index in [0.717, 1.165) is 18.4 Å². The molecule has 0 aliphatic heterocycles. The van der Waals surface area contributed by atoms with Gasteiger partial charge in [0.05, 0.1) is 11.6 Å². The molecular weight excluding hydrogens is 236 g/mol. The molecule has 3 nitrogen and oxygen atoms in total. The summed E-state index contributed by atoms with van der Waals surface area (Å²) < 4.78 is 0. The van der Waals surface area contributed by atoms with Gasteiger partial charge < -0.3 is 11.1 Å². The number of hydrogen-bond acceptors (Lipinski definition) is 2. The lowest BCUT2D eigenvalue weighted by Gasteiger charge is -2.17. The van der Waals surface area contributed by atoms with Gasteiger partial charge in [0.15, 0.2) is 0 Å². The van der Waals surface area contributed by atoms with E-state index >= 15 is 0 Å². The molecule has 1 amide bonds. The van der Waals surface area contributed by atoms with Crippen LogP contribution in [0.2, 0.25) is 0 Å². The number of nitrogens with two attached hydrogens (primary N) is 1. The number of carbonyl (C=O) groups is 1. The molecule has 1 aromatic carbocycles. The van der Waals surface area contributed by atoms with Crippen molar-refractivity contribution < 1.29 is 4.79 Å². The largest absolute Gasteiger partial charge is 0.348 e. The van der Waals surface area contributed by atoms with E-state index in [9.17, 15) is 4.79 Å². The third-order valence-electron chi connectivity index (χ3n) is 3.17. The lowest BCUT2D eigenvalue weighted by molar-refractivity contribution is -0.123. The molecule has 0 bridgehead atoms. The number of amides is 1. The second-order valence-corrected chi connectivity index (χ2v) is 4.76. The van der Waals surface area contributed by atoms with Crippen LogP contribution in [0.1, 0.15) is 36.9 Å². The maximum atomic E-state index is 11.7. The van der Waals surface area contributed by atoms with E-state index in [2.05, 4.69) is 5.32 Å². The Balaban J connectivity index is 0.00000144. The Bertz CT molecular complexity index is 398. The molecule has 94 valence electrons. The number of rotatable bonds is 3. The predicted molar refractivity (Wildman–Crippen MR) is 71.1 cm³/mol. The van der Waals surface area contributed by atoms with Crippen molar-refractivity contribution in [1.82, 2.24) is 5.32 Å². The number of carbonyl (C=O) groups excluding carboxylic acids is 1. The van der Waals surface area contributed by atoms with E-state index in [0.29, 0.717) is 0 Å². The van der Waals surface area contributed by atoms with Crippen LogP contribution in [-0.4, -0.2) is 11.4 Å². The van der Waals surface area contributed by atoms with Crippen LogP contribution in [0.15, 0.2) is 24.3 Å². The van der Waals surface area contributed by atoms with Crippen LogP contribution in [0, 0.1) is 6.92 Å². The van der Waals surface area contributed by atoms with E-state index in [-0.39, 0.29) is 24.4 Å². The van der Waals surface area contributed by atoms with Crippen LogP contribution >= 0.6 is 12.4 Å². The summed E-state index contributed by atoms with van der Waals surface area (Å²) in [4.78, 5) is 11.7. The van der Waals surface area contributed by atoms with E-state index in [4.69, 9.17) is 5.73 Å². The van der Waals surface area contributed by atoms with Gasteiger partial charge in [-0.2, -0.15) is 0 Å². The average molecular weight is 255 g/mol. The number of benzene rings is 1. The summed E-state index contributed by atoms with van der Waals surface area (Å²) >= 11 is 0. The van der Waals surface area contributed by atoms with Crippen LogP contribution in [0.5, 0.6) is 0 Å². The molecule has 1 atom stereocenters. The Hall–Kier alpha value is -1.06. The van der Waals surface area contributed by atoms with Crippen molar-refractivity contribution in [3.63, 3.8) is 0 Å². The molecule has 0 saturated heterocycles. The molecule has 0 aromatic heterocycles. The Morgan fingerprint density at radius 1 is 1.35 bits per heavy atom. The first-order chi connectivity index (χ1) is 7.51. The minimum Gasteiger partial charge on any atom is -0.348 e. The number of hydrogen-bond donors (Lipinski definition) is 2. The van der Waals surface area contributed by atoms with Gasteiger partial charge in [-0.25, -0.2) is 0 Å². The Labute approximate surface area is 108 Å². The summed E-state index contributed by atoms with van der Waals surface area (Å²) in [6, 6.07) is 8.20. The third-order valence-corrected chi connectivity index (χ3v) is 3.17. The molecule has 1 aliphatic rings. The van der Waals surface area contributed by atoms with Gasteiger partial charge in [0, 0.05) is 0 Å². The summed E-state index contributed by atoms with van der Waals surface area (Å²) in [5.74, 6) is -0.0272.